The quantitative estimate of drug-likeness (QED) is 0.356. The monoisotopic (exact) mass is 547 g/mol. The van der Waals surface area contributed by atoms with Gasteiger partial charge in [0.25, 0.3) is 20.0 Å². The average Bonchev–Trinajstić information content (AvgIpc) is 2.89. The Morgan fingerprint density at radius 1 is 0.816 bits per heavy atom. The number of para-hydroxylation sites is 1. The van der Waals surface area contributed by atoms with Crippen LogP contribution in [0.15, 0.2) is 101 Å². The van der Waals surface area contributed by atoms with Gasteiger partial charge in [0.1, 0.15) is 6.54 Å². The third kappa shape index (κ3) is 4.64. The first kappa shape index (κ1) is 25.5. The Hall–Kier alpha value is -4.15. The SMILES string of the molecule is Cc1cccc(NS(=O)(=O)c2ccc(NC(=O)CN3c4ccccc4-c4ccccc4S3(=O)=O)cc2)c1C. The number of anilines is 3. The number of carbonyl (C=O) groups excluding carboxylic acids is 1. The summed E-state index contributed by atoms with van der Waals surface area (Å²) in [4.78, 5) is 13.1. The number of aryl methyl sites for hydroxylation is 1. The molecule has 4 aromatic carbocycles. The van der Waals surface area contributed by atoms with E-state index in [9.17, 15) is 21.6 Å². The third-order valence-electron chi connectivity index (χ3n) is 6.50. The number of amides is 1. The number of rotatable bonds is 6. The Morgan fingerprint density at radius 3 is 2.21 bits per heavy atom. The van der Waals surface area contributed by atoms with Crippen molar-refractivity contribution >= 4 is 43.0 Å². The summed E-state index contributed by atoms with van der Waals surface area (Å²) in [5, 5.41) is 2.67. The van der Waals surface area contributed by atoms with Crippen molar-refractivity contribution in [3.05, 3.63) is 102 Å². The van der Waals surface area contributed by atoms with Gasteiger partial charge in [0.2, 0.25) is 5.91 Å². The lowest BCUT2D eigenvalue weighted by Gasteiger charge is -2.31. The van der Waals surface area contributed by atoms with Gasteiger partial charge in [-0.1, -0.05) is 48.5 Å². The van der Waals surface area contributed by atoms with Gasteiger partial charge in [0, 0.05) is 16.8 Å². The number of fused-ring (bicyclic) bond motifs is 3. The summed E-state index contributed by atoms with van der Waals surface area (Å²) in [6.07, 6.45) is 0. The molecule has 1 heterocycles. The molecule has 1 amide bonds. The molecule has 0 saturated heterocycles. The van der Waals surface area contributed by atoms with Crippen molar-refractivity contribution < 1.29 is 21.6 Å². The first-order chi connectivity index (χ1) is 18.1. The first-order valence-corrected chi connectivity index (χ1v) is 14.7. The molecular formula is C28H25N3O5S2. The second-order valence-corrected chi connectivity index (χ2v) is 12.5. The van der Waals surface area contributed by atoms with Gasteiger partial charge < -0.3 is 5.32 Å². The van der Waals surface area contributed by atoms with Crippen LogP contribution < -0.4 is 14.3 Å². The smallest absolute Gasteiger partial charge is 0.265 e. The molecule has 0 spiro atoms. The molecule has 5 rings (SSSR count). The minimum atomic E-state index is -3.96. The van der Waals surface area contributed by atoms with Crippen LogP contribution in [0.25, 0.3) is 11.1 Å². The molecule has 10 heteroatoms. The number of hydrogen-bond donors (Lipinski definition) is 2. The van der Waals surface area contributed by atoms with E-state index in [1.807, 2.05) is 32.0 Å². The standard InChI is InChI=1S/C28H25N3O5S2/c1-19-8-7-11-25(20(19)2)30-37(33,34)22-16-14-21(15-17-22)29-28(32)18-31-26-12-5-3-9-23(26)24-10-4-6-13-27(24)38(31,35)36/h3-17,30H,18H2,1-2H3,(H,29,32). The highest BCUT2D eigenvalue weighted by Crippen LogP contribution is 2.42. The second kappa shape index (κ2) is 9.62. The Labute approximate surface area is 222 Å². The summed E-state index contributed by atoms with van der Waals surface area (Å²) in [6, 6.07) is 24.8. The van der Waals surface area contributed by atoms with Gasteiger partial charge in [0.05, 0.1) is 21.2 Å². The van der Waals surface area contributed by atoms with Crippen LogP contribution in [0, 0.1) is 13.8 Å². The summed E-state index contributed by atoms with van der Waals surface area (Å²) in [5.41, 5.74) is 4.35. The molecule has 0 fully saturated rings. The van der Waals surface area contributed by atoms with Crippen LogP contribution >= 0.6 is 0 Å². The number of carbonyl (C=O) groups is 1. The second-order valence-electron chi connectivity index (χ2n) is 8.95. The van der Waals surface area contributed by atoms with Crippen LogP contribution in [0.3, 0.4) is 0 Å². The number of sulfonamides is 2. The fourth-order valence-corrected chi connectivity index (χ4v) is 7.14. The maximum absolute atomic E-state index is 13.4. The lowest BCUT2D eigenvalue weighted by atomic mass is 10.0. The Morgan fingerprint density at radius 2 is 1.47 bits per heavy atom. The summed E-state index contributed by atoms with van der Waals surface area (Å²) in [6.45, 7) is 3.30. The Bertz CT molecular complexity index is 1770. The Balaban J connectivity index is 1.34. The molecule has 1 aliphatic rings. The van der Waals surface area contributed by atoms with Gasteiger partial charge in [-0.15, -0.1) is 0 Å². The normalized spacial score (nSPS) is 13.8. The first-order valence-electron chi connectivity index (χ1n) is 11.8. The van der Waals surface area contributed by atoms with Crippen molar-refractivity contribution in [2.45, 2.75) is 23.6 Å². The van der Waals surface area contributed by atoms with E-state index in [0.29, 0.717) is 22.6 Å². The molecule has 1 aliphatic heterocycles. The Kier molecular flexibility index (Phi) is 6.46. The van der Waals surface area contributed by atoms with E-state index >= 15 is 0 Å². The summed E-state index contributed by atoms with van der Waals surface area (Å²) >= 11 is 0. The molecule has 0 bridgehead atoms. The largest absolute Gasteiger partial charge is 0.325 e. The van der Waals surface area contributed by atoms with Crippen molar-refractivity contribution in [1.82, 2.24) is 0 Å². The predicted molar refractivity (Wildman–Crippen MR) is 148 cm³/mol. The summed E-state index contributed by atoms with van der Waals surface area (Å²) in [5.74, 6) is -0.563. The van der Waals surface area contributed by atoms with Gasteiger partial charge in [0.15, 0.2) is 0 Å². The van der Waals surface area contributed by atoms with E-state index in [-0.39, 0.29) is 9.79 Å². The highest BCUT2D eigenvalue weighted by Gasteiger charge is 2.35. The van der Waals surface area contributed by atoms with Crippen LogP contribution in [0.2, 0.25) is 0 Å². The molecule has 4 aromatic rings. The molecule has 0 unspecified atom stereocenters. The molecule has 8 nitrogen and oxygen atoms in total. The lowest BCUT2D eigenvalue weighted by molar-refractivity contribution is -0.114. The van der Waals surface area contributed by atoms with Gasteiger partial charge in [-0.2, -0.15) is 0 Å². The van der Waals surface area contributed by atoms with Crippen molar-refractivity contribution in [2.75, 3.05) is 20.9 Å². The molecule has 0 saturated carbocycles. The lowest BCUT2D eigenvalue weighted by Crippen LogP contribution is -2.40. The van der Waals surface area contributed by atoms with Crippen LogP contribution in [0.1, 0.15) is 11.1 Å². The molecule has 38 heavy (non-hydrogen) atoms. The van der Waals surface area contributed by atoms with E-state index < -0.39 is 32.5 Å². The van der Waals surface area contributed by atoms with Crippen LogP contribution in [-0.4, -0.2) is 29.3 Å². The molecule has 0 radical (unpaired) electrons. The topological polar surface area (TPSA) is 113 Å². The highest BCUT2D eigenvalue weighted by atomic mass is 32.2. The van der Waals surface area contributed by atoms with Gasteiger partial charge >= 0.3 is 0 Å². The number of hydrogen-bond acceptors (Lipinski definition) is 5. The highest BCUT2D eigenvalue weighted by molar-refractivity contribution is 7.93. The number of nitrogens with one attached hydrogen (secondary N) is 2. The molecule has 0 aromatic heterocycles. The molecule has 0 atom stereocenters. The molecule has 194 valence electrons. The van der Waals surface area contributed by atoms with Gasteiger partial charge in [-0.05, 0) is 67.4 Å². The molecular weight excluding hydrogens is 522 g/mol. The third-order valence-corrected chi connectivity index (χ3v) is 9.70. The zero-order valence-corrected chi connectivity index (χ0v) is 22.3. The van der Waals surface area contributed by atoms with Crippen molar-refractivity contribution in [2.24, 2.45) is 0 Å². The van der Waals surface area contributed by atoms with Crippen molar-refractivity contribution in [1.29, 1.82) is 0 Å². The minimum absolute atomic E-state index is 0.0283. The number of nitrogens with zero attached hydrogens (tertiary/aromatic N) is 1. The zero-order chi connectivity index (χ0) is 27.1. The summed E-state index contributed by atoms with van der Waals surface area (Å²) in [7, 11) is -7.81. The molecule has 2 N–H and O–H groups in total. The van der Waals surface area contributed by atoms with E-state index in [2.05, 4.69) is 10.0 Å². The fourth-order valence-electron chi connectivity index (χ4n) is 4.37. The minimum Gasteiger partial charge on any atom is -0.325 e. The summed E-state index contributed by atoms with van der Waals surface area (Å²) < 4.78 is 56.2. The predicted octanol–water partition coefficient (Wildman–Crippen LogP) is 4.92. The van der Waals surface area contributed by atoms with Crippen LogP contribution in [0.5, 0.6) is 0 Å². The van der Waals surface area contributed by atoms with Gasteiger partial charge in [-0.3, -0.25) is 13.8 Å². The average molecular weight is 548 g/mol. The van der Waals surface area contributed by atoms with E-state index in [1.165, 1.54) is 30.3 Å². The van der Waals surface area contributed by atoms with E-state index in [4.69, 9.17) is 0 Å². The maximum Gasteiger partial charge on any atom is 0.265 e. The van der Waals surface area contributed by atoms with Crippen LogP contribution in [0.4, 0.5) is 17.1 Å². The van der Waals surface area contributed by atoms with E-state index in [0.717, 1.165) is 21.0 Å². The van der Waals surface area contributed by atoms with E-state index in [1.54, 1.807) is 42.5 Å². The fraction of sp³-hybridized carbons (Fsp3) is 0.107. The van der Waals surface area contributed by atoms with Crippen molar-refractivity contribution in [3.8, 4) is 11.1 Å². The van der Waals surface area contributed by atoms with Crippen LogP contribution in [-0.2, 0) is 24.8 Å². The van der Waals surface area contributed by atoms with Gasteiger partial charge in [-0.25, -0.2) is 16.8 Å². The number of benzene rings is 4. The molecule has 0 aliphatic carbocycles. The maximum atomic E-state index is 13.4. The van der Waals surface area contributed by atoms with Crippen molar-refractivity contribution in [3.63, 3.8) is 0 Å². The zero-order valence-electron chi connectivity index (χ0n) is 20.7.